The Morgan fingerprint density at radius 1 is 1.36 bits per heavy atom. The van der Waals surface area contributed by atoms with Gasteiger partial charge in [0.1, 0.15) is 5.69 Å². The minimum Gasteiger partial charge on any atom is -0.380 e. The average Bonchev–Trinajstić information content (AvgIpc) is 3.16. The van der Waals surface area contributed by atoms with Crippen LogP contribution in [0.3, 0.4) is 0 Å². The molecule has 1 aromatic rings. The van der Waals surface area contributed by atoms with E-state index in [-0.39, 0.29) is 23.6 Å². The van der Waals surface area contributed by atoms with Gasteiger partial charge in [-0.3, -0.25) is 9.59 Å². The summed E-state index contributed by atoms with van der Waals surface area (Å²) < 4.78 is 5.46. The predicted octanol–water partition coefficient (Wildman–Crippen LogP) is 0.700. The third kappa shape index (κ3) is 3.23. The first-order valence-corrected chi connectivity index (χ1v) is 7.93. The van der Waals surface area contributed by atoms with Crippen molar-refractivity contribution in [3.05, 3.63) is 34.2 Å². The number of aromatic nitrogens is 1. The summed E-state index contributed by atoms with van der Waals surface area (Å²) >= 11 is 0. The summed E-state index contributed by atoms with van der Waals surface area (Å²) in [4.78, 5) is 31.1. The molecule has 0 aromatic carbocycles. The molecule has 0 bridgehead atoms. The van der Waals surface area contributed by atoms with Crippen molar-refractivity contribution in [2.45, 2.75) is 31.4 Å². The van der Waals surface area contributed by atoms with E-state index in [9.17, 15) is 9.59 Å². The molecule has 2 aliphatic rings. The Labute approximate surface area is 130 Å². The van der Waals surface area contributed by atoms with Gasteiger partial charge in [0.15, 0.2) is 0 Å². The van der Waals surface area contributed by atoms with E-state index >= 15 is 0 Å². The summed E-state index contributed by atoms with van der Waals surface area (Å²) in [7, 11) is 1.69. The first-order valence-electron chi connectivity index (χ1n) is 7.93. The van der Waals surface area contributed by atoms with Crippen LogP contribution in [0, 0.1) is 0 Å². The zero-order valence-corrected chi connectivity index (χ0v) is 13.0. The summed E-state index contributed by atoms with van der Waals surface area (Å²) in [5, 5.41) is 0. The lowest BCUT2D eigenvalue weighted by Gasteiger charge is -2.28. The van der Waals surface area contributed by atoms with Crippen molar-refractivity contribution in [3.8, 4) is 0 Å². The molecule has 22 heavy (non-hydrogen) atoms. The number of carbonyl (C=O) groups excluding carboxylic acids is 1. The van der Waals surface area contributed by atoms with E-state index in [2.05, 4.69) is 9.88 Å². The van der Waals surface area contributed by atoms with E-state index in [0.717, 1.165) is 26.1 Å². The summed E-state index contributed by atoms with van der Waals surface area (Å²) in [6.07, 6.45) is 3.41. The van der Waals surface area contributed by atoms with E-state index in [1.165, 1.54) is 18.9 Å². The van der Waals surface area contributed by atoms with Gasteiger partial charge in [0.25, 0.3) is 5.91 Å². The number of ether oxygens (including phenoxy) is 1. The lowest BCUT2D eigenvalue weighted by atomic mass is 10.2. The van der Waals surface area contributed by atoms with Crippen LogP contribution in [0.5, 0.6) is 0 Å². The van der Waals surface area contributed by atoms with Crippen LogP contribution in [-0.2, 0) is 4.74 Å². The molecule has 0 aliphatic carbocycles. The number of amides is 1. The fourth-order valence-electron chi connectivity index (χ4n) is 3.46. The summed E-state index contributed by atoms with van der Waals surface area (Å²) in [5.41, 5.74) is 0.111. The van der Waals surface area contributed by atoms with Crippen molar-refractivity contribution in [2.75, 3.05) is 33.3 Å². The predicted molar refractivity (Wildman–Crippen MR) is 83.0 cm³/mol. The van der Waals surface area contributed by atoms with Gasteiger partial charge < -0.3 is 19.5 Å². The first-order chi connectivity index (χ1) is 10.7. The zero-order valence-electron chi connectivity index (χ0n) is 13.0. The molecule has 2 aliphatic heterocycles. The minimum atomic E-state index is -0.246. The number of likely N-dealkylation sites (tertiary alicyclic amines) is 2. The molecule has 6 nitrogen and oxygen atoms in total. The van der Waals surface area contributed by atoms with Gasteiger partial charge in [-0.05, 0) is 38.4 Å². The Morgan fingerprint density at radius 2 is 2.14 bits per heavy atom. The van der Waals surface area contributed by atoms with Gasteiger partial charge in [-0.15, -0.1) is 0 Å². The highest BCUT2D eigenvalue weighted by Gasteiger charge is 2.37. The van der Waals surface area contributed by atoms with E-state index < -0.39 is 0 Å². The second-order valence-electron chi connectivity index (χ2n) is 6.14. The summed E-state index contributed by atoms with van der Waals surface area (Å²) in [5.74, 6) is -0.110. The molecule has 1 amide bonds. The van der Waals surface area contributed by atoms with E-state index in [1.807, 2.05) is 4.90 Å². The molecule has 2 atom stereocenters. The minimum absolute atomic E-state index is 0.0759. The lowest BCUT2D eigenvalue weighted by molar-refractivity contribution is 0.0664. The highest BCUT2D eigenvalue weighted by molar-refractivity contribution is 5.92. The number of H-pyrrole nitrogens is 1. The lowest BCUT2D eigenvalue weighted by Crippen LogP contribution is -2.43. The van der Waals surface area contributed by atoms with Crippen molar-refractivity contribution in [3.63, 3.8) is 0 Å². The Hall–Kier alpha value is -1.66. The van der Waals surface area contributed by atoms with E-state index in [1.54, 1.807) is 19.2 Å². The fraction of sp³-hybridized carbons (Fsp3) is 0.625. The molecule has 2 fully saturated rings. The number of rotatable bonds is 4. The van der Waals surface area contributed by atoms with Gasteiger partial charge in [-0.25, -0.2) is 0 Å². The smallest absolute Gasteiger partial charge is 0.270 e. The molecule has 1 aromatic heterocycles. The van der Waals surface area contributed by atoms with Gasteiger partial charge in [-0.2, -0.15) is 0 Å². The van der Waals surface area contributed by atoms with Crippen molar-refractivity contribution >= 4 is 5.91 Å². The van der Waals surface area contributed by atoms with Crippen molar-refractivity contribution in [1.29, 1.82) is 0 Å². The third-order valence-electron chi connectivity index (χ3n) is 4.64. The summed E-state index contributed by atoms with van der Waals surface area (Å²) in [6.45, 7) is 3.70. The van der Waals surface area contributed by atoms with Crippen LogP contribution in [-0.4, -0.2) is 66.1 Å². The van der Waals surface area contributed by atoms with Crippen molar-refractivity contribution in [2.24, 2.45) is 0 Å². The van der Waals surface area contributed by atoms with Crippen molar-refractivity contribution in [1.82, 2.24) is 14.8 Å². The normalized spacial score (nSPS) is 25.8. The fourth-order valence-corrected chi connectivity index (χ4v) is 3.46. The van der Waals surface area contributed by atoms with Crippen LogP contribution in [0.25, 0.3) is 0 Å². The number of hydrogen-bond donors (Lipinski definition) is 1. The van der Waals surface area contributed by atoms with E-state index in [0.29, 0.717) is 12.2 Å². The maximum absolute atomic E-state index is 12.7. The molecular weight excluding hydrogens is 282 g/mol. The Balaban J connectivity index is 1.75. The second kappa shape index (κ2) is 6.62. The number of pyridine rings is 1. The SMILES string of the molecule is CO[C@H]1C[C@@H](CN2CCCC2)N(C(=O)c2cccc(=O)[nH]2)C1. The molecular formula is C16H23N3O3. The maximum Gasteiger partial charge on any atom is 0.270 e. The van der Waals surface area contributed by atoms with Gasteiger partial charge in [0.05, 0.1) is 6.10 Å². The van der Waals surface area contributed by atoms with Crippen LogP contribution in [0.2, 0.25) is 0 Å². The standard InChI is InChI=1S/C16H23N3O3/c1-22-13-9-12(10-18-7-2-3-8-18)19(11-13)16(21)14-5-4-6-15(20)17-14/h4-6,12-13H,2-3,7-11H2,1H3,(H,17,20)/t12-,13-/m0/s1. The molecule has 2 saturated heterocycles. The molecule has 6 heteroatoms. The Bertz CT molecular complexity index is 580. The van der Waals surface area contributed by atoms with Gasteiger partial charge in [0, 0.05) is 32.3 Å². The molecule has 0 unspecified atom stereocenters. The highest BCUT2D eigenvalue weighted by atomic mass is 16.5. The van der Waals surface area contributed by atoms with Gasteiger partial charge in [0.2, 0.25) is 5.56 Å². The molecule has 0 radical (unpaired) electrons. The second-order valence-corrected chi connectivity index (χ2v) is 6.14. The summed E-state index contributed by atoms with van der Waals surface area (Å²) in [6, 6.07) is 4.85. The highest BCUT2D eigenvalue weighted by Crippen LogP contribution is 2.24. The molecule has 0 saturated carbocycles. The topological polar surface area (TPSA) is 65.6 Å². The maximum atomic E-state index is 12.7. The number of aromatic amines is 1. The van der Waals surface area contributed by atoms with Crippen LogP contribution in [0.1, 0.15) is 29.8 Å². The van der Waals surface area contributed by atoms with Crippen molar-refractivity contribution < 1.29 is 9.53 Å². The first kappa shape index (κ1) is 15.2. The van der Waals surface area contributed by atoms with Crippen LogP contribution in [0.15, 0.2) is 23.0 Å². The Kier molecular flexibility index (Phi) is 4.59. The molecule has 3 rings (SSSR count). The molecule has 1 N–H and O–H groups in total. The van der Waals surface area contributed by atoms with Gasteiger partial charge >= 0.3 is 0 Å². The quantitative estimate of drug-likeness (QED) is 0.889. The molecule has 0 spiro atoms. The van der Waals surface area contributed by atoms with E-state index in [4.69, 9.17) is 4.74 Å². The number of nitrogens with zero attached hydrogens (tertiary/aromatic N) is 2. The Morgan fingerprint density at radius 3 is 2.82 bits per heavy atom. The van der Waals surface area contributed by atoms with Crippen LogP contribution in [0.4, 0.5) is 0 Å². The van der Waals surface area contributed by atoms with Gasteiger partial charge in [-0.1, -0.05) is 6.07 Å². The monoisotopic (exact) mass is 305 g/mol. The average molecular weight is 305 g/mol. The number of nitrogens with one attached hydrogen (secondary N) is 1. The largest absolute Gasteiger partial charge is 0.380 e. The number of hydrogen-bond acceptors (Lipinski definition) is 4. The molecule has 120 valence electrons. The number of methoxy groups -OCH3 is 1. The van der Waals surface area contributed by atoms with Crippen LogP contribution < -0.4 is 5.56 Å². The number of carbonyl (C=O) groups is 1. The van der Waals surface area contributed by atoms with Crippen LogP contribution >= 0.6 is 0 Å². The molecule has 3 heterocycles. The zero-order chi connectivity index (χ0) is 15.5. The third-order valence-corrected chi connectivity index (χ3v) is 4.64.